The van der Waals surface area contributed by atoms with Gasteiger partial charge in [0.15, 0.2) is 18.2 Å². The molecule has 0 spiro atoms. The third kappa shape index (κ3) is 4.73. The lowest BCUT2D eigenvalue weighted by atomic mass is 9.87. The number of benzene rings is 1. The Morgan fingerprint density at radius 1 is 1.04 bits per heavy atom. The second-order valence-electron chi connectivity index (χ2n) is 11.3. The van der Waals surface area contributed by atoms with Gasteiger partial charge in [0.1, 0.15) is 0 Å². The summed E-state index contributed by atoms with van der Waals surface area (Å²) in [5.41, 5.74) is 1.17. The summed E-state index contributed by atoms with van der Waals surface area (Å²) >= 11 is 0. The minimum absolute atomic E-state index is 0.0130. The predicted molar refractivity (Wildman–Crippen MR) is 121 cm³/mol. The first-order valence-corrected chi connectivity index (χ1v) is 14.9. The summed E-state index contributed by atoms with van der Waals surface area (Å²) in [6.45, 7) is 19.5. The van der Waals surface area contributed by atoms with E-state index in [0.29, 0.717) is 17.7 Å². The van der Waals surface area contributed by atoms with Crippen LogP contribution in [0.3, 0.4) is 0 Å². The van der Waals surface area contributed by atoms with Crippen molar-refractivity contribution in [3.8, 4) is 0 Å². The lowest BCUT2D eigenvalue weighted by molar-refractivity contribution is 0.121. The van der Waals surface area contributed by atoms with Crippen molar-refractivity contribution in [2.45, 2.75) is 113 Å². The fourth-order valence-corrected chi connectivity index (χ4v) is 7.02. The topological polar surface area (TPSA) is 43.4 Å². The Bertz CT molecular complexity index is 783. The van der Waals surface area contributed by atoms with E-state index in [1.165, 1.54) is 0 Å². The summed E-state index contributed by atoms with van der Waals surface area (Å²) in [5.74, 6) is 0. The maximum atomic E-state index is 13.5. The SMILES string of the molecule is CC(C)(C)c1ccc(S(=O)(=O)[C@@]2(C)CCC[C@H](O[Si](C)(C)C(C)(C)C)C2)cc1. The van der Waals surface area contributed by atoms with E-state index in [1.807, 2.05) is 19.1 Å². The van der Waals surface area contributed by atoms with Crippen molar-refractivity contribution in [1.82, 2.24) is 0 Å². The van der Waals surface area contributed by atoms with Crippen LogP contribution >= 0.6 is 0 Å². The zero-order chi connectivity index (χ0) is 21.6. The number of hydrogen-bond acceptors (Lipinski definition) is 3. The van der Waals surface area contributed by atoms with Crippen LogP contribution < -0.4 is 0 Å². The molecule has 0 amide bonds. The van der Waals surface area contributed by atoms with E-state index in [0.717, 1.165) is 18.4 Å². The Morgan fingerprint density at radius 2 is 1.57 bits per heavy atom. The fourth-order valence-electron chi connectivity index (χ4n) is 3.75. The van der Waals surface area contributed by atoms with Gasteiger partial charge >= 0.3 is 0 Å². The highest BCUT2D eigenvalue weighted by molar-refractivity contribution is 7.92. The fraction of sp³-hybridized carbons (Fsp3) is 0.739. The summed E-state index contributed by atoms with van der Waals surface area (Å²) in [4.78, 5) is 0.441. The lowest BCUT2D eigenvalue weighted by Gasteiger charge is -2.44. The van der Waals surface area contributed by atoms with Gasteiger partial charge < -0.3 is 4.43 Å². The van der Waals surface area contributed by atoms with Crippen molar-refractivity contribution in [1.29, 1.82) is 0 Å². The molecule has 0 radical (unpaired) electrons. The molecular formula is C23H40O3SSi. The average Bonchev–Trinajstić information content (AvgIpc) is 2.52. The first-order valence-electron chi connectivity index (χ1n) is 10.5. The largest absolute Gasteiger partial charge is 0.414 e. The zero-order valence-corrected chi connectivity index (χ0v) is 21.2. The first kappa shape index (κ1) is 23.6. The monoisotopic (exact) mass is 424 g/mol. The van der Waals surface area contributed by atoms with Crippen molar-refractivity contribution in [2.24, 2.45) is 0 Å². The molecule has 0 unspecified atom stereocenters. The highest BCUT2D eigenvalue weighted by Gasteiger charge is 2.47. The van der Waals surface area contributed by atoms with Gasteiger partial charge in [-0.3, -0.25) is 0 Å². The van der Waals surface area contributed by atoms with Crippen molar-refractivity contribution in [3.05, 3.63) is 29.8 Å². The average molecular weight is 425 g/mol. The molecule has 1 aromatic rings. The zero-order valence-electron chi connectivity index (χ0n) is 19.3. The van der Waals surface area contributed by atoms with E-state index in [2.05, 4.69) is 54.6 Å². The molecule has 0 bridgehead atoms. The molecule has 28 heavy (non-hydrogen) atoms. The quantitative estimate of drug-likeness (QED) is 0.519. The van der Waals surface area contributed by atoms with Crippen LogP contribution in [0.25, 0.3) is 0 Å². The molecule has 160 valence electrons. The highest BCUT2D eigenvalue weighted by Crippen LogP contribution is 2.44. The third-order valence-electron chi connectivity index (χ3n) is 6.84. The molecule has 0 heterocycles. The first-order chi connectivity index (χ1) is 12.5. The molecule has 1 aromatic carbocycles. The second kappa shape index (κ2) is 7.55. The van der Waals surface area contributed by atoms with Gasteiger partial charge in [-0.25, -0.2) is 8.42 Å². The molecular weight excluding hydrogens is 384 g/mol. The van der Waals surface area contributed by atoms with Gasteiger partial charge in [0.25, 0.3) is 0 Å². The predicted octanol–water partition coefficient (Wildman–Crippen LogP) is 6.48. The molecule has 1 fully saturated rings. The molecule has 1 saturated carbocycles. The minimum atomic E-state index is -3.41. The van der Waals surface area contributed by atoms with Crippen LogP contribution in [-0.2, 0) is 19.7 Å². The Labute approximate surface area is 174 Å². The van der Waals surface area contributed by atoms with Crippen LogP contribution in [0.1, 0.15) is 79.7 Å². The molecule has 0 N–H and O–H groups in total. The van der Waals surface area contributed by atoms with Crippen LogP contribution in [-0.4, -0.2) is 27.6 Å². The maximum absolute atomic E-state index is 13.5. The van der Waals surface area contributed by atoms with Gasteiger partial charge in [-0.1, -0.05) is 53.7 Å². The Balaban J connectivity index is 2.27. The minimum Gasteiger partial charge on any atom is -0.414 e. The van der Waals surface area contributed by atoms with Crippen LogP contribution in [0.15, 0.2) is 29.2 Å². The standard InChI is InChI=1S/C23H40O3SSi/c1-21(2,3)18-12-14-20(15-13-18)27(24,25)23(7)16-10-11-19(17-23)26-28(8,9)22(4,5)6/h12-15,19H,10-11,16-17H2,1-9H3/t19-,23-/m0/s1. The number of sulfone groups is 1. The van der Waals surface area contributed by atoms with Gasteiger partial charge in [-0.2, -0.15) is 0 Å². The molecule has 5 heteroatoms. The Hall–Kier alpha value is -0.653. The molecule has 1 aliphatic carbocycles. The van der Waals surface area contributed by atoms with Crippen LogP contribution in [0.5, 0.6) is 0 Å². The molecule has 1 aliphatic rings. The van der Waals surface area contributed by atoms with Crippen LogP contribution in [0.4, 0.5) is 0 Å². The van der Waals surface area contributed by atoms with Crippen LogP contribution in [0.2, 0.25) is 18.1 Å². The van der Waals surface area contributed by atoms with E-state index in [4.69, 9.17) is 4.43 Å². The lowest BCUT2D eigenvalue weighted by Crippen LogP contribution is -2.49. The molecule has 0 aromatic heterocycles. The van der Waals surface area contributed by atoms with Crippen molar-refractivity contribution >= 4 is 18.2 Å². The highest BCUT2D eigenvalue weighted by atomic mass is 32.2. The van der Waals surface area contributed by atoms with Gasteiger partial charge in [0, 0.05) is 6.10 Å². The third-order valence-corrected chi connectivity index (χ3v) is 13.9. The molecule has 2 atom stereocenters. The Kier molecular flexibility index (Phi) is 6.37. The van der Waals surface area contributed by atoms with Gasteiger partial charge in [-0.05, 0) is 73.9 Å². The molecule has 0 aliphatic heterocycles. The summed E-state index contributed by atoms with van der Waals surface area (Å²) < 4.78 is 32.9. The van der Waals surface area contributed by atoms with Crippen molar-refractivity contribution in [2.75, 3.05) is 0 Å². The molecule has 0 saturated heterocycles. The number of hydrogen-bond donors (Lipinski definition) is 0. The summed E-state index contributed by atoms with van der Waals surface area (Å²) in [6, 6.07) is 7.50. The van der Waals surface area contributed by atoms with Crippen molar-refractivity contribution in [3.63, 3.8) is 0 Å². The van der Waals surface area contributed by atoms with Gasteiger partial charge in [0.05, 0.1) is 9.64 Å². The van der Waals surface area contributed by atoms with E-state index >= 15 is 0 Å². The molecule has 2 rings (SSSR count). The summed E-state index contributed by atoms with van der Waals surface area (Å²) in [5, 5.41) is 0.127. The molecule has 3 nitrogen and oxygen atoms in total. The maximum Gasteiger partial charge on any atom is 0.192 e. The van der Waals surface area contributed by atoms with E-state index in [1.54, 1.807) is 12.1 Å². The van der Waals surface area contributed by atoms with Gasteiger partial charge in [0.2, 0.25) is 0 Å². The number of rotatable bonds is 4. The van der Waals surface area contributed by atoms with Crippen LogP contribution in [0, 0.1) is 0 Å². The summed E-state index contributed by atoms with van der Waals surface area (Å²) in [7, 11) is -5.33. The second-order valence-corrected chi connectivity index (χ2v) is 18.5. The Morgan fingerprint density at radius 3 is 2.04 bits per heavy atom. The van der Waals surface area contributed by atoms with E-state index in [-0.39, 0.29) is 16.6 Å². The summed E-state index contributed by atoms with van der Waals surface area (Å²) in [6.07, 6.45) is 3.18. The normalized spacial score (nSPS) is 25.0. The smallest absolute Gasteiger partial charge is 0.192 e. The van der Waals surface area contributed by atoms with Gasteiger partial charge in [-0.15, -0.1) is 0 Å². The van der Waals surface area contributed by atoms with E-state index < -0.39 is 22.9 Å². The van der Waals surface area contributed by atoms with E-state index in [9.17, 15) is 8.42 Å². The van der Waals surface area contributed by atoms with Crippen molar-refractivity contribution < 1.29 is 12.8 Å².